The number of carbonyl (C=O) groups is 1. The van der Waals surface area contributed by atoms with Crippen LogP contribution in [0.2, 0.25) is 0 Å². The third-order valence-corrected chi connectivity index (χ3v) is 8.99. The van der Waals surface area contributed by atoms with Crippen LogP contribution in [0.25, 0.3) is 10.8 Å². The Morgan fingerprint density at radius 3 is 2.68 bits per heavy atom. The van der Waals surface area contributed by atoms with E-state index in [1.54, 1.807) is 38.1 Å². The van der Waals surface area contributed by atoms with Gasteiger partial charge in [-0.05, 0) is 55.1 Å². The molecule has 0 saturated carbocycles. The number of aliphatic hydroxyl groups is 1. The van der Waals surface area contributed by atoms with Crippen molar-refractivity contribution in [2.75, 3.05) is 12.3 Å². The predicted octanol–water partition coefficient (Wildman–Crippen LogP) is 4.13. The summed E-state index contributed by atoms with van der Waals surface area (Å²) in [4.78, 5) is 27.3. The van der Waals surface area contributed by atoms with Crippen molar-refractivity contribution in [3.63, 3.8) is 0 Å². The molecule has 15 heteroatoms. The fourth-order valence-electron chi connectivity index (χ4n) is 4.27. The maximum atomic E-state index is 14.1. The first-order valence-electron chi connectivity index (χ1n) is 12.7. The smallest absolute Gasteiger partial charge is 0.459 e. The number of aromatic nitrogens is 2. The van der Waals surface area contributed by atoms with Gasteiger partial charge in [0.15, 0.2) is 6.23 Å². The second-order valence-corrected chi connectivity index (χ2v) is 13.3. The van der Waals surface area contributed by atoms with Crippen LogP contribution in [0.15, 0.2) is 57.9 Å². The van der Waals surface area contributed by atoms with Crippen LogP contribution in [0.5, 0.6) is 5.75 Å². The number of hydrogen-bond donors (Lipinski definition) is 3. The second-order valence-electron chi connectivity index (χ2n) is 9.99. The third-order valence-electron chi connectivity index (χ3n) is 6.34. The SMILES string of the molecule is CC(C)OC(=O)[C@@H](C)N[P@](=O)(OC[C@H]1OC(n2cc(Br)c(N)nc2=O)[C@](C)(Cl)[C@@H]1O)Oc1cccc2ccccc12. The molecule has 1 fully saturated rings. The molecule has 0 aliphatic carbocycles. The summed E-state index contributed by atoms with van der Waals surface area (Å²) in [7, 11) is -4.33. The van der Waals surface area contributed by atoms with E-state index in [0.717, 1.165) is 9.95 Å². The van der Waals surface area contributed by atoms with Gasteiger partial charge in [-0.25, -0.2) is 9.36 Å². The highest BCUT2D eigenvalue weighted by Crippen LogP contribution is 2.49. The highest BCUT2D eigenvalue weighted by atomic mass is 79.9. The number of hydrogen-bond acceptors (Lipinski definition) is 10. The first-order valence-corrected chi connectivity index (χ1v) is 15.4. The normalized spacial score (nSPS) is 24.7. The summed E-state index contributed by atoms with van der Waals surface area (Å²) < 4.78 is 38.3. The zero-order chi connectivity index (χ0) is 30.1. The lowest BCUT2D eigenvalue weighted by molar-refractivity contribution is -0.149. The number of carbonyl (C=O) groups excluding carboxylic acids is 1. The van der Waals surface area contributed by atoms with E-state index in [9.17, 15) is 19.3 Å². The summed E-state index contributed by atoms with van der Waals surface area (Å²) in [6.45, 7) is 5.82. The number of nitrogen functional groups attached to an aromatic ring is 1. The lowest BCUT2D eigenvalue weighted by atomic mass is 10.0. The number of anilines is 1. The van der Waals surface area contributed by atoms with Gasteiger partial charge in [0, 0.05) is 11.6 Å². The third kappa shape index (κ3) is 6.94. The van der Waals surface area contributed by atoms with Crippen molar-refractivity contribution < 1.29 is 33.0 Å². The minimum atomic E-state index is -4.33. The molecule has 3 aromatic rings. The van der Waals surface area contributed by atoms with Gasteiger partial charge < -0.3 is 24.8 Å². The number of esters is 1. The Morgan fingerprint density at radius 1 is 1.29 bits per heavy atom. The number of fused-ring (bicyclic) bond motifs is 1. The van der Waals surface area contributed by atoms with E-state index in [2.05, 4.69) is 26.0 Å². The molecule has 12 nitrogen and oxygen atoms in total. The van der Waals surface area contributed by atoms with Gasteiger partial charge >= 0.3 is 19.4 Å². The molecule has 41 heavy (non-hydrogen) atoms. The molecule has 0 radical (unpaired) electrons. The zero-order valence-electron chi connectivity index (χ0n) is 22.7. The molecule has 6 atom stereocenters. The Labute approximate surface area is 249 Å². The minimum Gasteiger partial charge on any atom is -0.462 e. The number of ether oxygens (including phenoxy) is 2. The van der Waals surface area contributed by atoms with Crippen molar-refractivity contribution in [2.24, 2.45) is 0 Å². The molecule has 0 amide bonds. The standard InChI is InChI=1S/C26H31BrClN4O8P/c1-14(2)38-23(34)15(3)31-41(36,40-19-11-7-9-16-8-5-6-10-17(16)19)37-13-20-21(33)26(4,28)24(39-20)32-12-18(27)22(29)30-25(32)35/h5-12,14-15,20-21,24,33H,13H2,1-4H3,(H,31,36)(H2,29,30,35)/t15-,20-,21-,24?,26-,41+/m1/s1. The summed E-state index contributed by atoms with van der Waals surface area (Å²) >= 11 is 9.87. The van der Waals surface area contributed by atoms with E-state index in [4.69, 9.17) is 35.9 Å². The van der Waals surface area contributed by atoms with Crippen LogP contribution in [0.3, 0.4) is 0 Å². The van der Waals surface area contributed by atoms with E-state index in [1.807, 2.05) is 18.2 Å². The second kappa shape index (κ2) is 12.4. The Balaban J connectivity index is 1.60. The topological polar surface area (TPSA) is 164 Å². The highest BCUT2D eigenvalue weighted by Gasteiger charge is 2.54. The minimum absolute atomic E-state index is 0.0244. The molecule has 1 aliphatic rings. The van der Waals surface area contributed by atoms with E-state index >= 15 is 0 Å². The molecular formula is C26H31BrClN4O8P. The number of alkyl halides is 1. The lowest BCUT2D eigenvalue weighted by Crippen LogP contribution is -2.42. The number of halogens is 2. The average Bonchev–Trinajstić information content (AvgIpc) is 3.13. The first kappa shape index (κ1) is 31.4. The Morgan fingerprint density at radius 2 is 1.98 bits per heavy atom. The van der Waals surface area contributed by atoms with Crippen LogP contribution in [-0.4, -0.2) is 56.5 Å². The molecule has 222 valence electrons. The van der Waals surface area contributed by atoms with Crippen molar-refractivity contribution in [3.05, 3.63) is 63.6 Å². The molecule has 2 heterocycles. The summed E-state index contributed by atoms with van der Waals surface area (Å²) in [6.07, 6.45) is -2.78. The van der Waals surface area contributed by atoms with Gasteiger partial charge in [0.2, 0.25) is 0 Å². The maximum absolute atomic E-state index is 14.1. The Hall–Kier alpha value is -2.51. The number of nitrogens with zero attached hydrogens (tertiary/aromatic N) is 2. The van der Waals surface area contributed by atoms with E-state index in [-0.39, 0.29) is 11.6 Å². The Kier molecular flexibility index (Phi) is 9.49. The monoisotopic (exact) mass is 672 g/mol. The molecule has 2 aromatic carbocycles. The van der Waals surface area contributed by atoms with Gasteiger partial charge in [0.25, 0.3) is 0 Å². The maximum Gasteiger partial charge on any atom is 0.459 e. The van der Waals surface area contributed by atoms with Gasteiger partial charge in [-0.3, -0.25) is 13.9 Å². The molecule has 1 aliphatic heterocycles. The fourth-order valence-corrected chi connectivity index (χ4v) is 6.39. The largest absolute Gasteiger partial charge is 0.462 e. The van der Waals surface area contributed by atoms with Crippen molar-refractivity contribution in [2.45, 2.75) is 63.2 Å². The quantitative estimate of drug-likeness (QED) is 0.161. The number of rotatable bonds is 10. The molecule has 0 spiro atoms. The zero-order valence-corrected chi connectivity index (χ0v) is 25.9. The molecule has 4 rings (SSSR count). The summed E-state index contributed by atoms with van der Waals surface area (Å²) in [6, 6.07) is 11.4. The van der Waals surface area contributed by atoms with Crippen LogP contribution in [0, 0.1) is 0 Å². The van der Waals surface area contributed by atoms with Gasteiger partial charge in [-0.2, -0.15) is 10.1 Å². The van der Waals surface area contributed by atoms with Crippen LogP contribution < -0.4 is 21.0 Å². The number of aliphatic hydroxyl groups excluding tert-OH is 1. The molecule has 4 N–H and O–H groups in total. The van der Waals surface area contributed by atoms with Crippen molar-refractivity contribution in [3.8, 4) is 5.75 Å². The summed E-state index contributed by atoms with van der Waals surface area (Å²) in [5.41, 5.74) is 4.94. The van der Waals surface area contributed by atoms with E-state index < -0.39 is 61.5 Å². The average molecular weight is 674 g/mol. The Bertz CT molecular complexity index is 1530. The summed E-state index contributed by atoms with van der Waals surface area (Å²) in [5.74, 6) is -0.457. The fraction of sp³-hybridized carbons (Fsp3) is 0.423. The molecular weight excluding hydrogens is 643 g/mol. The van der Waals surface area contributed by atoms with Gasteiger partial charge in [0.05, 0.1) is 17.2 Å². The molecule has 1 aromatic heterocycles. The van der Waals surface area contributed by atoms with Gasteiger partial charge in [-0.1, -0.05) is 36.4 Å². The van der Waals surface area contributed by atoms with Crippen molar-refractivity contribution in [1.82, 2.24) is 14.6 Å². The summed E-state index contributed by atoms with van der Waals surface area (Å²) in [5, 5.41) is 15.1. The van der Waals surface area contributed by atoms with Crippen LogP contribution in [-0.2, 0) is 23.4 Å². The molecule has 0 bridgehead atoms. The van der Waals surface area contributed by atoms with Crippen molar-refractivity contribution in [1.29, 1.82) is 0 Å². The predicted molar refractivity (Wildman–Crippen MR) is 157 cm³/mol. The number of benzene rings is 2. The van der Waals surface area contributed by atoms with E-state index in [1.165, 1.54) is 20.0 Å². The van der Waals surface area contributed by atoms with Gasteiger partial charge in [-0.15, -0.1) is 11.6 Å². The van der Waals surface area contributed by atoms with Crippen molar-refractivity contribution >= 4 is 57.8 Å². The number of nitrogens with two attached hydrogens (primary N) is 1. The van der Waals surface area contributed by atoms with Crippen LogP contribution in [0.1, 0.15) is 33.9 Å². The number of nitrogens with one attached hydrogen (secondary N) is 1. The van der Waals surface area contributed by atoms with Crippen LogP contribution >= 0.6 is 35.3 Å². The molecule has 1 unspecified atom stereocenters. The van der Waals surface area contributed by atoms with Crippen LogP contribution in [0.4, 0.5) is 5.82 Å². The van der Waals surface area contributed by atoms with Gasteiger partial charge in [0.1, 0.15) is 34.7 Å². The highest BCUT2D eigenvalue weighted by molar-refractivity contribution is 9.10. The van der Waals surface area contributed by atoms with E-state index in [0.29, 0.717) is 9.86 Å². The first-order chi connectivity index (χ1) is 19.2. The lowest BCUT2D eigenvalue weighted by Gasteiger charge is -2.27. The molecule has 1 saturated heterocycles.